The van der Waals surface area contributed by atoms with E-state index in [1.54, 1.807) is 47.7 Å². The van der Waals surface area contributed by atoms with E-state index in [-0.39, 0.29) is 0 Å². The van der Waals surface area contributed by atoms with Gasteiger partial charge in [-0.3, -0.25) is 0 Å². The lowest BCUT2D eigenvalue weighted by Crippen LogP contribution is -1.98. The number of pyridine rings is 2. The lowest BCUT2D eigenvalue weighted by atomic mass is 10.4. The van der Waals surface area contributed by atoms with Crippen LogP contribution in [0.3, 0.4) is 0 Å². The van der Waals surface area contributed by atoms with Crippen LogP contribution >= 0.6 is 0 Å². The second-order valence-corrected chi connectivity index (χ2v) is 3.71. The van der Waals surface area contributed by atoms with Gasteiger partial charge in [-0.15, -0.1) is 0 Å². The molecule has 0 aliphatic heterocycles. The molecule has 0 unspecified atom stereocenters. The summed E-state index contributed by atoms with van der Waals surface area (Å²) in [6.45, 7) is 0. The molecule has 0 radical (unpaired) electrons. The van der Waals surface area contributed by atoms with Crippen LogP contribution in [0.4, 0.5) is 5.82 Å². The van der Waals surface area contributed by atoms with Crippen molar-refractivity contribution >= 4 is 5.82 Å². The fourth-order valence-corrected chi connectivity index (χ4v) is 1.50. The zero-order valence-corrected chi connectivity index (χ0v) is 9.84. The first-order valence-electron chi connectivity index (χ1n) is 5.52. The van der Waals surface area contributed by atoms with Gasteiger partial charge in [0.25, 0.3) is 0 Å². The predicted molar refractivity (Wildman–Crippen MR) is 67.9 cm³/mol. The van der Waals surface area contributed by atoms with E-state index in [4.69, 9.17) is 10.5 Å². The van der Waals surface area contributed by atoms with Crippen LogP contribution in [0.15, 0.2) is 49.3 Å². The quantitative estimate of drug-likeness (QED) is 0.760. The highest BCUT2D eigenvalue weighted by Gasteiger charge is 2.02. The Kier molecular flexibility index (Phi) is 2.77. The van der Waals surface area contributed by atoms with Crippen molar-refractivity contribution in [3.63, 3.8) is 0 Å². The Morgan fingerprint density at radius 2 is 2.05 bits per heavy atom. The van der Waals surface area contributed by atoms with E-state index in [0.717, 1.165) is 0 Å². The number of anilines is 1. The molecule has 0 aromatic carbocycles. The predicted octanol–water partition coefficient (Wildman–Crippen LogP) is 1.43. The largest absolute Gasteiger partial charge is 0.456 e. The van der Waals surface area contributed by atoms with Crippen molar-refractivity contribution in [2.45, 2.75) is 0 Å². The Labute approximate surface area is 108 Å². The third kappa shape index (κ3) is 2.49. The molecule has 7 heteroatoms. The van der Waals surface area contributed by atoms with Crippen LogP contribution in [0.5, 0.6) is 11.5 Å². The molecule has 3 aromatic heterocycles. The molecule has 19 heavy (non-hydrogen) atoms. The van der Waals surface area contributed by atoms with Gasteiger partial charge in [0.1, 0.15) is 30.0 Å². The molecule has 3 aromatic rings. The maximum Gasteiger partial charge on any atom is 0.158 e. The number of nitrogens with zero attached hydrogens (tertiary/aromatic N) is 5. The van der Waals surface area contributed by atoms with Crippen LogP contribution in [0.2, 0.25) is 0 Å². The molecule has 0 atom stereocenters. The zero-order chi connectivity index (χ0) is 13.1. The molecule has 0 saturated heterocycles. The van der Waals surface area contributed by atoms with Gasteiger partial charge < -0.3 is 10.5 Å². The van der Waals surface area contributed by atoms with E-state index in [1.807, 2.05) is 0 Å². The molecule has 0 aliphatic rings. The van der Waals surface area contributed by atoms with Crippen LogP contribution in [0.25, 0.3) is 5.82 Å². The molecule has 0 bridgehead atoms. The molecule has 7 nitrogen and oxygen atoms in total. The van der Waals surface area contributed by atoms with E-state index in [9.17, 15) is 0 Å². The number of nitrogen functional groups attached to an aromatic ring is 1. The Morgan fingerprint density at radius 1 is 1.11 bits per heavy atom. The van der Waals surface area contributed by atoms with Gasteiger partial charge in [-0.2, -0.15) is 5.10 Å². The van der Waals surface area contributed by atoms with Crippen molar-refractivity contribution in [2.24, 2.45) is 0 Å². The first kappa shape index (κ1) is 11.1. The zero-order valence-electron chi connectivity index (χ0n) is 9.84. The highest BCUT2D eigenvalue weighted by molar-refractivity contribution is 5.37. The second kappa shape index (κ2) is 4.73. The summed E-state index contributed by atoms with van der Waals surface area (Å²) in [5, 5.41) is 4.00. The number of aromatic nitrogens is 5. The third-order valence-electron chi connectivity index (χ3n) is 2.37. The van der Waals surface area contributed by atoms with Gasteiger partial charge in [-0.25, -0.2) is 19.6 Å². The van der Waals surface area contributed by atoms with E-state index in [2.05, 4.69) is 20.1 Å². The molecule has 0 aliphatic carbocycles. The minimum Gasteiger partial charge on any atom is -0.456 e. The summed E-state index contributed by atoms with van der Waals surface area (Å²) in [5.74, 6) is 2.31. The lowest BCUT2D eigenvalue weighted by Gasteiger charge is -2.06. The van der Waals surface area contributed by atoms with Crippen LogP contribution in [0, 0.1) is 0 Å². The molecule has 0 amide bonds. The Balaban J connectivity index is 1.85. The summed E-state index contributed by atoms with van der Waals surface area (Å²) in [6, 6.07) is 6.93. The molecular weight excluding hydrogens is 244 g/mol. The average molecular weight is 254 g/mol. The SMILES string of the molecule is Nc1ccc(Oc2ccnc(-n3cncn3)c2)cn1. The average Bonchev–Trinajstić information content (AvgIpc) is 2.96. The lowest BCUT2D eigenvalue weighted by molar-refractivity contribution is 0.479. The van der Waals surface area contributed by atoms with Crippen molar-refractivity contribution in [3.05, 3.63) is 49.3 Å². The van der Waals surface area contributed by atoms with E-state index in [1.165, 1.54) is 6.33 Å². The first-order chi connectivity index (χ1) is 9.31. The minimum absolute atomic E-state index is 0.449. The smallest absolute Gasteiger partial charge is 0.158 e. The molecule has 3 rings (SSSR count). The molecule has 3 heterocycles. The van der Waals surface area contributed by atoms with Crippen LogP contribution in [0.1, 0.15) is 0 Å². The Morgan fingerprint density at radius 3 is 2.79 bits per heavy atom. The number of rotatable bonds is 3. The van der Waals surface area contributed by atoms with Gasteiger partial charge in [0.15, 0.2) is 5.82 Å². The number of hydrogen-bond donors (Lipinski definition) is 1. The van der Waals surface area contributed by atoms with Gasteiger partial charge in [0, 0.05) is 12.3 Å². The summed E-state index contributed by atoms with van der Waals surface area (Å²) < 4.78 is 7.20. The van der Waals surface area contributed by atoms with E-state index >= 15 is 0 Å². The molecular formula is C12H10N6O. The number of nitrogens with two attached hydrogens (primary N) is 1. The third-order valence-corrected chi connectivity index (χ3v) is 2.37. The number of hydrogen-bond acceptors (Lipinski definition) is 6. The summed E-state index contributed by atoms with van der Waals surface area (Å²) >= 11 is 0. The molecule has 0 spiro atoms. The summed E-state index contributed by atoms with van der Waals surface area (Å²) in [6.07, 6.45) is 6.21. The van der Waals surface area contributed by atoms with E-state index in [0.29, 0.717) is 23.1 Å². The minimum atomic E-state index is 0.449. The van der Waals surface area contributed by atoms with Crippen molar-refractivity contribution in [1.82, 2.24) is 24.7 Å². The second-order valence-electron chi connectivity index (χ2n) is 3.71. The summed E-state index contributed by atoms with van der Waals surface area (Å²) in [4.78, 5) is 12.0. The van der Waals surface area contributed by atoms with Gasteiger partial charge in [0.05, 0.1) is 6.20 Å². The van der Waals surface area contributed by atoms with Crippen molar-refractivity contribution < 1.29 is 4.74 Å². The normalized spacial score (nSPS) is 10.3. The first-order valence-corrected chi connectivity index (χ1v) is 5.52. The highest BCUT2D eigenvalue weighted by atomic mass is 16.5. The van der Waals surface area contributed by atoms with Crippen LogP contribution in [-0.4, -0.2) is 24.7 Å². The van der Waals surface area contributed by atoms with Crippen molar-refractivity contribution in [2.75, 3.05) is 5.73 Å². The van der Waals surface area contributed by atoms with Crippen LogP contribution in [-0.2, 0) is 0 Å². The van der Waals surface area contributed by atoms with E-state index < -0.39 is 0 Å². The Hall–Kier alpha value is -2.96. The van der Waals surface area contributed by atoms with Gasteiger partial charge in [-0.05, 0) is 18.2 Å². The van der Waals surface area contributed by atoms with Crippen molar-refractivity contribution in [3.8, 4) is 17.3 Å². The van der Waals surface area contributed by atoms with Gasteiger partial charge in [0.2, 0.25) is 0 Å². The fraction of sp³-hybridized carbons (Fsp3) is 0. The maximum atomic E-state index is 5.65. The molecule has 0 saturated carbocycles. The summed E-state index contributed by atoms with van der Waals surface area (Å²) in [7, 11) is 0. The maximum absolute atomic E-state index is 5.65. The van der Waals surface area contributed by atoms with Gasteiger partial charge >= 0.3 is 0 Å². The monoisotopic (exact) mass is 254 g/mol. The van der Waals surface area contributed by atoms with Crippen molar-refractivity contribution in [1.29, 1.82) is 0 Å². The number of ether oxygens (including phenoxy) is 1. The Bertz CT molecular complexity index is 665. The molecule has 2 N–H and O–H groups in total. The topological polar surface area (TPSA) is 91.7 Å². The van der Waals surface area contributed by atoms with Gasteiger partial charge in [-0.1, -0.05) is 0 Å². The highest BCUT2D eigenvalue weighted by Crippen LogP contribution is 2.21. The molecule has 0 fully saturated rings. The molecule has 94 valence electrons. The van der Waals surface area contributed by atoms with Crippen LogP contribution < -0.4 is 10.5 Å². The fourth-order valence-electron chi connectivity index (χ4n) is 1.50. The summed E-state index contributed by atoms with van der Waals surface area (Å²) in [5.41, 5.74) is 5.51. The standard InChI is InChI=1S/C12H10N6O/c13-11-2-1-10(6-16-11)19-9-3-4-15-12(5-9)18-8-14-7-17-18/h1-8H,(H2,13,16).